The molecule has 0 aliphatic heterocycles. The van der Waals surface area contributed by atoms with Crippen LogP contribution in [0.15, 0.2) is 59.5 Å². The molecule has 2 rings (SSSR count). The minimum absolute atomic E-state index is 0.148. The zero-order chi connectivity index (χ0) is 13.5. The average molecular weight is 270 g/mol. The van der Waals surface area contributed by atoms with Crippen LogP contribution in [-0.4, -0.2) is 10.8 Å². The Hall–Kier alpha value is -1.89. The minimum Gasteiger partial charge on any atom is -0.274 e. The third-order valence-corrected chi connectivity index (χ3v) is 3.45. The second kappa shape index (κ2) is 6.89. The Bertz CT molecular complexity index is 607. The predicted octanol–water partition coefficient (Wildman–Crippen LogP) is 3.09. The highest BCUT2D eigenvalue weighted by Gasteiger charge is 2.02. The van der Waals surface area contributed by atoms with Gasteiger partial charge in [-0.15, -0.1) is 0 Å². The molecule has 0 N–H and O–H groups in total. The molecule has 0 amide bonds. The van der Waals surface area contributed by atoms with Crippen molar-refractivity contribution in [1.29, 1.82) is 0 Å². The van der Waals surface area contributed by atoms with Crippen LogP contribution >= 0.6 is 0 Å². The SMILES string of the molecule is Cc1ccc([S@@](=O)OCC#Cc2ccccc2)cc1. The van der Waals surface area contributed by atoms with Gasteiger partial charge in [0.2, 0.25) is 0 Å². The fraction of sp³-hybridized carbons (Fsp3) is 0.125. The van der Waals surface area contributed by atoms with E-state index in [0.29, 0.717) is 4.90 Å². The highest BCUT2D eigenvalue weighted by Crippen LogP contribution is 2.08. The van der Waals surface area contributed by atoms with Crippen molar-refractivity contribution in [2.75, 3.05) is 6.61 Å². The third kappa shape index (κ3) is 4.36. The lowest BCUT2D eigenvalue weighted by Crippen LogP contribution is -1.98. The zero-order valence-electron chi connectivity index (χ0n) is 10.6. The molecule has 0 fully saturated rings. The maximum atomic E-state index is 11.8. The summed E-state index contributed by atoms with van der Waals surface area (Å²) in [5.41, 5.74) is 2.05. The molecule has 1 atom stereocenters. The van der Waals surface area contributed by atoms with Gasteiger partial charge in [-0.3, -0.25) is 4.18 Å². The molecule has 0 saturated carbocycles. The summed E-state index contributed by atoms with van der Waals surface area (Å²) in [5, 5.41) is 0. The average Bonchev–Trinajstić information content (AvgIpc) is 2.45. The van der Waals surface area contributed by atoms with Gasteiger partial charge in [0.25, 0.3) is 0 Å². The fourth-order valence-corrected chi connectivity index (χ4v) is 2.12. The summed E-state index contributed by atoms with van der Waals surface area (Å²) in [7, 11) is 0. The first-order valence-electron chi connectivity index (χ1n) is 5.91. The van der Waals surface area contributed by atoms with Gasteiger partial charge >= 0.3 is 0 Å². The smallest absolute Gasteiger partial charge is 0.190 e. The van der Waals surface area contributed by atoms with Crippen molar-refractivity contribution in [2.45, 2.75) is 11.8 Å². The van der Waals surface area contributed by atoms with Crippen molar-refractivity contribution in [2.24, 2.45) is 0 Å². The first-order chi connectivity index (χ1) is 9.25. The van der Waals surface area contributed by atoms with Crippen LogP contribution in [0.3, 0.4) is 0 Å². The molecule has 0 bridgehead atoms. The van der Waals surface area contributed by atoms with Crippen molar-refractivity contribution in [1.82, 2.24) is 0 Å². The van der Waals surface area contributed by atoms with Crippen molar-refractivity contribution >= 4 is 11.1 Å². The molecule has 0 aromatic heterocycles. The maximum absolute atomic E-state index is 11.8. The van der Waals surface area contributed by atoms with E-state index in [0.717, 1.165) is 11.1 Å². The van der Waals surface area contributed by atoms with E-state index in [2.05, 4.69) is 11.8 Å². The number of benzene rings is 2. The molecule has 0 radical (unpaired) electrons. The van der Waals surface area contributed by atoms with Crippen molar-refractivity contribution in [3.63, 3.8) is 0 Å². The highest BCUT2D eigenvalue weighted by molar-refractivity contribution is 7.80. The monoisotopic (exact) mass is 270 g/mol. The van der Waals surface area contributed by atoms with Crippen LogP contribution < -0.4 is 0 Å². The van der Waals surface area contributed by atoms with Gasteiger partial charge < -0.3 is 0 Å². The molecule has 2 nitrogen and oxygen atoms in total. The molecule has 2 aromatic carbocycles. The molecule has 0 saturated heterocycles. The Balaban J connectivity index is 1.88. The highest BCUT2D eigenvalue weighted by atomic mass is 32.2. The summed E-state index contributed by atoms with van der Waals surface area (Å²) in [6.45, 7) is 2.13. The van der Waals surface area contributed by atoms with E-state index >= 15 is 0 Å². The Labute approximate surface area is 116 Å². The van der Waals surface area contributed by atoms with Crippen LogP contribution in [0.1, 0.15) is 11.1 Å². The van der Waals surface area contributed by atoms with Gasteiger partial charge in [-0.05, 0) is 31.2 Å². The van der Waals surface area contributed by atoms with E-state index in [1.54, 1.807) is 12.1 Å². The van der Waals surface area contributed by atoms with E-state index in [4.69, 9.17) is 4.18 Å². The van der Waals surface area contributed by atoms with Gasteiger partial charge in [0, 0.05) is 5.56 Å². The topological polar surface area (TPSA) is 26.3 Å². The zero-order valence-corrected chi connectivity index (χ0v) is 11.4. The normalized spacial score (nSPS) is 11.4. The molecule has 3 heteroatoms. The molecule has 0 unspecified atom stereocenters. The largest absolute Gasteiger partial charge is 0.274 e. The van der Waals surface area contributed by atoms with Crippen molar-refractivity contribution < 1.29 is 8.39 Å². The Morgan fingerprint density at radius 1 is 1.05 bits per heavy atom. The Morgan fingerprint density at radius 2 is 1.74 bits per heavy atom. The first kappa shape index (κ1) is 13.5. The summed E-state index contributed by atoms with van der Waals surface area (Å²) in [6, 6.07) is 17.1. The predicted molar refractivity (Wildman–Crippen MR) is 76.9 cm³/mol. The summed E-state index contributed by atoms with van der Waals surface area (Å²) >= 11 is -1.45. The van der Waals surface area contributed by atoms with Crippen molar-refractivity contribution in [3.8, 4) is 11.8 Å². The van der Waals surface area contributed by atoms with Gasteiger partial charge in [-0.1, -0.05) is 47.7 Å². The van der Waals surface area contributed by atoms with E-state index < -0.39 is 11.1 Å². The second-order valence-electron chi connectivity index (χ2n) is 3.98. The van der Waals surface area contributed by atoms with E-state index in [-0.39, 0.29) is 6.61 Å². The van der Waals surface area contributed by atoms with Crippen LogP contribution in [0.25, 0.3) is 0 Å². The van der Waals surface area contributed by atoms with Gasteiger partial charge in [0.15, 0.2) is 11.1 Å². The number of hydrogen-bond donors (Lipinski definition) is 0. The summed E-state index contributed by atoms with van der Waals surface area (Å²) in [6.07, 6.45) is 0. The number of rotatable bonds is 3. The summed E-state index contributed by atoms with van der Waals surface area (Å²) < 4.78 is 17.0. The van der Waals surface area contributed by atoms with Crippen LogP contribution in [0.2, 0.25) is 0 Å². The second-order valence-corrected chi connectivity index (χ2v) is 5.15. The molecular weight excluding hydrogens is 256 g/mol. The quantitative estimate of drug-likeness (QED) is 0.801. The third-order valence-electron chi connectivity index (χ3n) is 2.46. The number of aryl methyl sites for hydroxylation is 1. The lowest BCUT2D eigenvalue weighted by atomic mass is 10.2. The lowest BCUT2D eigenvalue weighted by Gasteiger charge is -2.00. The van der Waals surface area contributed by atoms with Gasteiger partial charge in [0.1, 0.15) is 6.61 Å². The molecule has 96 valence electrons. The van der Waals surface area contributed by atoms with E-state index in [1.165, 1.54) is 0 Å². The van der Waals surface area contributed by atoms with Crippen LogP contribution in [0, 0.1) is 18.8 Å². The Morgan fingerprint density at radius 3 is 2.42 bits per heavy atom. The molecule has 0 spiro atoms. The molecule has 0 heterocycles. The minimum atomic E-state index is -1.45. The molecule has 0 aliphatic carbocycles. The molecule has 2 aromatic rings. The van der Waals surface area contributed by atoms with Crippen LogP contribution in [-0.2, 0) is 15.3 Å². The Kier molecular flexibility index (Phi) is 4.91. The lowest BCUT2D eigenvalue weighted by molar-refractivity contribution is 0.402. The maximum Gasteiger partial charge on any atom is 0.190 e. The van der Waals surface area contributed by atoms with Crippen molar-refractivity contribution in [3.05, 3.63) is 65.7 Å². The van der Waals surface area contributed by atoms with Crippen LogP contribution in [0.4, 0.5) is 0 Å². The number of hydrogen-bond acceptors (Lipinski definition) is 2. The first-order valence-corrected chi connectivity index (χ1v) is 6.99. The van der Waals surface area contributed by atoms with Crippen LogP contribution in [0.5, 0.6) is 0 Å². The van der Waals surface area contributed by atoms with Gasteiger partial charge in [-0.25, -0.2) is 4.21 Å². The molecule has 0 aliphatic rings. The van der Waals surface area contributed by atoms with E-state index in [1.807, 2.05) is 49.4 Å². The van der Waals surface area contributed by atoms with Gasteiger partial charge in [-0.2, -0.15) is 0 Å². The molecule has 19 heavy (non-hydrogen) atoms. The van der Waals surface area contributed by atoms with Gasteiger partial charge in [0.05, 0.1) is 4.90 Å². The van der Waals surface area contributed by atoms with E-state index in [9.17, 15) is 4.21 Å². The molecular formula is C16H14O2S. The standard InChI is InChI=1S/C16H14O2S/c1-14-9-11-16(12-10-14)19(17)18-13-5-8-15-6-3-2-4-7-15/h2-4,6-7,9-12H,13H2,1H3/t19-/m0/s1. The summed E-state index contributed by atoms with van der Waals surface area (Å²) in [5.74, 6) is 5.80. The fourth-order valence-electron chi connectivity index (χ4n) is 1.46. The summed E-state index contributed by atoms with van der Waals surface area (Å²) in [4.78, 5) is 0.659.